The van der Waals surface area contributed by atoms with E-state index in [0.717, 1.165) is 17.8 Å². The van der Waals surface area contributed by atoms with Crippen LogP contribution in [-0.4, -0.2) is 32.5 Å². The highest BCUT2D eigenvalue weighted by atomic mass is 32.1. The molecule has 6 nitrogen and oxygen atoms in total. The molecule has 1 aliphatic carbocycles. The van der Waals surface area contributed by atoms with Gasteiger partial charge in [-0.1, -0.05) is 19.0 Å². The third-order valence-electron chi connectivity index (χ3n) is 3.65. The van der Waals surface area contributed by atoms with E-state index in [1.165, 1.54) is 11.3 Å². The molecule has 1 amide bonds. The molecule has 2 aromatic heterocycles. The van der Waals surface area contributed by atoms with Crippen LogP contribution in [0.15, 0.2) is 9.90 Å². The lowest BCUT2D eigenvalue weighted by atomic mass is 10.2. The Kier molecular flexibility index (Phi) is 4.24. The molecule has 0 radical (unpaired) electrons. The van der Waals surface area contributed by atoms with Crippen molar-refractivity contribution >= 4 is 17.2 Å². The van der Waals surface area contributed by atoms with Crippen LogP contribution >= 0.6 is 11.3 Å². The number of nitrogens with zero attached hydrogens (tertiary/aromatic N) is 4. The molecular formula is C15H20N4O2S. The summed E-state index contributed by atoms with van der Waals surface area (Å²) in [6.07, 6.45) is 2.24. The van der Waals surface area contributed by atoms with Crippen molar-refractivity contribution in [1.82, 2.24) is 20.0 Å². The first-order valence-electron chi connectivity index (χ1n) is 7.65. The predicted molar refractivity (Wildman–Crippen MR) is 82.9 cm³/mol. The first-order chi connectivity index (χ1) is 10.6. The fraction of sp³-hybridized carbons (Fsp3) is 0.600. The summed E-state index contributed by atoms with van der Waals surface area (Å²) in [4.78, 5) is 23.1. The summed E-state index contributed by atoms with van der Waals surface area (Å²) in [6, 6.07) is 0. The molecule has 0 N–H and O–H groups in total. The quantitative estimate of drug-likeness (QED) is 0.817. The van der Waals surface area contributed by atoms with Gasteiger partial charge in [0.2, 0.25) is 5.89 Å². The van der Waals surface area contributed by atoms with Crippen LogP contribution in [0.5, 0.6) is 0 Å². The van der Waals surface area contributed by atoms with E-state index in [-0.39, 0.29) is 5.91 Å². The van der Waals surface area contributed by atoms with E-state index in [4.69, 9.17) is 4.52 Å². The molecular weight excluding hydrogens is 300 g/mol. The Morgan fingerprint density at radius 1 is 1.45 bits per heavy atom. The molecule has 7 heteroatoms. The van der Waals surface area contributed by atoms with E-state index < -0.39 is 0 Å². The van der Waals surface area contributed by atoms with Crippen molar-refractivity contribution in [1.29, 1.82) is 0 Å². The van der Waals surface area contributed by atoms with Crippen molar-refractivity contribution in [2.75, 3.05) is 6.54 Å². The van der Waals surface area contributed by atoms with E-state index in [1.54, 1.807) is 4.90 Å². The summed E-state index contributed by atoms with van der Waals surface area (Å²) in [5.41, 5.74) is 0.501. The zero-order valence-corrected chi connectivity index (χ0v) is 13.9. The van der Waals surface area contributed by atoms with E-state index in [9.17, 15) is 4.79 Å². The summed E-state index contributed by atoms with van der Waals surface area (Å²) in [6.45, 7) is 7.03. The predicted octanol–water partition coefficient (Wildman–Crippen LogP) is 3.19. The van der Waals surface area contributed by atoms with Gasteiger partial charge in [0.25, 0.3) is 5.91 Å². The van der Waals surface area contributed by atoms with Crippen LogP contribution in [0.3, 0.4) is 0 Å². The molecule has 1 saturated carbocycles. The minimum Gasteiger partial charge on any atom is -0.339 e. The SMILES string of the molecule is CCN(Cc1noc(C2CC2)n1)C(=O)c1csc(C(C)C)n1. The van der Waals surface area contributed by atoms with Crippen molar-refractivity contribution in [3.63, 3.8) is 0 Å². The number of carbonyl (C=O) groups excluding carboxylic acids is 1. The van der Waals surface area contributed by atoms with Crippen LogP contribution in [0.1, 0.15) is 72.7 Å². The van der Waals surface area contributed by atoms with E-state index >= 15 is 0 Å². The lowest BCUT2D eigenvalue weighted by Crippen LogP contribution is -2.31. The lowest BCUT2D eigenvalue weighted by molar-refractivity contribution is 0.0742. The van der Waals surface area contributed by atoms with Crippen LogP contribution < -0.4 is 0 Å². The Balaban J connectivity index is 1.69. The third-order valence-corrected chi connectivity index (χ3v) is 4.79. The summed E-state index contributed by atoms with van der Waals surface area (Å²) in [5, 5.41) is 6.78. The molecule has 3 rings (SSSR count). The summed E-state index contributed by atoms with van der Waals surface area (Å²) in [5.74, 6) is 1.95. The second kappa shape index (κ2) is 6.16. The number of amides is 1. The van der Waals surface area contributed by atoms with Crippen molar-refractivity contribution in [3.8, 4) is 0 Å². The van der Waals surface area contributed by atoms with E-state index in [2.05, 4.69) is 29.0 Å². The molecule has 0 bridgehead atoms. The highest BCUT2D eigenvalue weighted by Gasteiger charge is 2.30. The fourth-order valence-corrected chi connectivity index (χ4v) is 2.95. The van der Waals surface area contributed by atoms with Crippen molar-refractivity contribution in [2.24, 2.45) is 0 Å². The maximum absolute atomic E-state index is 12.6. The maximum Gasteiger partial charge on any atom is 0.273 e. The Bertz CT molecular complexity index is 660. The number of hydrogen-bond donors (Lipinski definition) is 0. The third kappa shape index (κ3) is 3.19. The highest BCUT2D eigenvalue weighted by Crippen LogP contribution is 2.38. The molecule has 1 fully saturated rings. The highest BCUT2D eigenvalue weighted by molar-refractivity contribution is 7.09. The zero-order chi connectivity index (χ0) is 15.7. The van der Waals surface area contributed by atoms with E-state index in [1.807, 2.05) is 12.3 Å². The van der Waals surface area contributed by atoms with Gasteiger partial charge in [-0.2, -0.15) is 4.98 Å². The normalized spacial score (nSPS) is 14.5. The standard InChI is InChI=1S/C15H20N4O2S/c1-4-19(7-12-17-13(21-18-12)10-5-6-10)15(20)11-8-22-14(16-11)9(2)3/h8-10H,4-7H2,1-3H3. The summed E-state index contributed by atoms with van der Waals surface area (Å²) >= 11 is 1.53. The average Bonchev–Trinajstić information content (AvgIpc) is 3.04. The molecule has 1 aliphatic rings. The molecule has 0 aromatic carbocycles. The van der Waals surface area contributed by atoms with Crippen LogP contribution in [0.25, 0.3) is 0 Å². The Hall–Kier alpha value is -1.76. The summed E-state index contributed by atoms with van der Waals surface area (Å²) < 4.78 is 5.24. The van der Waals surface area contributed by atoms with Crippen molar-refractivity contribution < 1.29 is 9.32 Å². The summed E-state index contributed by atoms with van der Waals surface area (Å²) in [7, 11) is 0. The number of aromatic nitrogens is 3. The van der Waals surface area contributed by atoms with Crippen LogP contribution in [0, 0.1) is 0 Å². The average molecular weight is 320 g/mol. The lowest BCUT2D eigenvalue weighted by Gasteiger charge is -2.17. The van der Waals surface area contributed by atoms with Crippen LogP contribution in [-0.2, 0) is 6.54 Å². The van der Waals surface area contributed by atoms with E-state index in [0.29, 0.717) is 42.3 Å². The van der Waals surface area contributed by atoms with Gasteiger partial charge in [0.05, 0.1) is 11.6 Å². The monoisotopic (exact) mass is 320 g/mol. The minimum absolute atomic E-state index is 0.0802. The molecule has 2 aromatic rings. The maximum atomic E-state index is 12.6. The van der Waals surface area contributed by atoms with Crippen LogP contribution in [0.2, 0.25) is 0 Å². The first-order valence-corrected chi connectivity index (χ1v) is 8.53. The van der Waals surface area contributed by atoms with Gasteiger partial charge in [-0.25, -0.2) is 4.98 Å². The first kappa shape index (κ1) is 15.1. The molecule has 2 heterocycles. The smallest absolute Gasteiger partial charge is 0.273 e. The molecule has 22 heavy (non-hydrogen) atoms. The van der Waals surface area contributed by atoms with Gasteiger partial charge >= 0.3 is 0 Å². The number of hydrogen-bond acceptors (Lipinski definition) is 6. The largest absolute Gasteiger partial charge is 0.339 e. The van der Waals surface area contributed by atoms with Gasteiger partial charge in [-0.05, 0) is 19.8 Å². The van der Waals surface area contributed by atoms with Gasteiger partial charge in [0.1, 0.15) is 5.69 Å². The zero-order valence-electron chi connectivity index (χ0n) is 13.1. The van der Waals surface area contributed by atoms with Crippen molar-refractivity contribution in [3.05, 3.63) is 27.8 Å². The van der Waals surface area contributed by atoms with Gasteiger partial charge in [0, 0.05) is 23.8 Å². The molecule has 0 atom stereocenters. The van der Waals surface area contributed by atoms with Gasteiger partial charge in [-0.3, -0.25) is 4.79 Å². The fourth-order valence-electron chi connectivity index (χ4n) is 2.14. The molecule has 0 saturated heterocycles. The molecule has 0 aliphatic heterocycles. The number of rotatable bonds is 6. The topological polar surface area (TPSA) is 72.1 Å². The van der Waals surface area contributed by atoms with Gasteiger partial charge in [-0.15, -0.1) is 11.3 Å². The Labute approximate surface area is 133 Å². The van der Waals surface area contributed by atoms with Crippen molar-refractivity contribution in [2.45, 2.75) is 52.0 Å². The minimum atomic E-state index is -0.0802. The molecule has 0 spiro atoms. The molecule has 0 unspecified atom stereocenters. The van der Waals surface area contributed by atoms with Gasteiger partial charge in [0.15, 0.2) is 5.82 Å². The van der Waals surface area contributed by atoms with Gasteiger partial charge < -0.3 is 9.42 Å². The number of carbonyl (C=O) groups is 1. The number of thiazole rings is 1. The second-order valence-corrected chi connectivity index (χ2v) is 6.76. The second-order valence-electron chi connectivity index (χ2n) is 5.87. The Morgan fingerprint density at radius 2 is 2.23 bits per heavy atom. The molecule has 118 valence electrons. The van der Waals surface area contributed by atoms with Crippen LogP contribution in [0.4, 0.5) is 0 Å². The Morgan fingerprint density at radius 3 is 2.82 bits per heavy atom.